The number of nitrogens with zero attached hydrogens (tertiary/aromatic N) is 2. The molecule has 5 nitrogen and oxygen atoms in total. The second-order valence-corrected chi connectivity index (χ2v) is 7.08. The van der Waals surface area contributed by atoms with E-state index in [0.717, 1.165) is 65.1 Å². The number of nitrogens with one attached hydrogen (secondary N) is 1. The average Bonchev–Trinajstić information content (AvgIpc) is 3.48. The molecule has 1 saturated carbocycles. The van der Waals surface area contributed by atoms with Gasteiger partial charge in [-0.2, -0.15) is 0 Å². The number of para-hydroxylation sites is 1. The lowest BCUT2D eigenvalue weighted by atomic mass is 10.1. The number of hydrogen-bond acceptors (Lipinski definition) is 5. The van der Waals surface area contributed by atoms with Crippen LogP contribution in [0.15, 0.2) is 24.3 Å². The van der Waals surface area contributed by atoms with Crippen molar-refractivity contribution in [3.05, 3.63) is 29.8 Å². The van der Waals surface area contributed by atoms with E-state index in [1.54, 1.807) is 0 Å². The van der Waals surface area contributed by atoms with Crippen molar-refractivity contribution in [1.82, 2.24) is 10.2 Å². The van der Waals surface area contributed by atoms with E-state index >= 15 is 0 Å². The molecule has 1 unspecified atom stereocenters. The van der Waals surface area contributed by atoms with Gasteiger partial charge in [0, 0.05) is 51.0 Å². The summed E-state index contributed by atoms with van der Waals surface area (Å²) in [5.41, 5.74) is 2.71. The Hall–Kier alpha value is -1.14. The molecule has 5 heteroatoms. The largest absolute Gasteiger partial charge is 0.378 e. The van der Waals surface area contributed by atoms with Gasteiger partial charge in [-0.15, -0.1) is 0 Å². The minimum absolute atomic E-state index is 0.329. The van der Waals surface area contributed by atoms with Crippen LogP contribution in [0.3, 0.4) is 0 Å². The van der Waals surface area contributed by atoms with Crippen molar-refractivity contribution in [3.8, 4) is 0 Å². The highest BCUT2D eigenvalue weighted by atomic mass is 16.5. The van der Waals surface area contributed by atoms with Gasteiger partial charge in [0.2, 0.25) is 0 Å². The zero-order valence-electron chi connectivity index (χ0n) is 14.5. The summed E-state index contributed by atoms with van der Waals surface area (Å²) in [5.74, 6) is 0. The summed E-state index contributed by atoms with van der Waals surface area (Å²) < 4.78 is 11.4. The van der Waals surface area contributed by atoms with Gasteiger partial charge in [-0.1, -0.05) is 18.2 Å². The number of ether oxygens (including phenoxy) is 2. The predicted molar refractivity (Wildman–Crippen MR) is 95.5 cm³/mol. The van der Waals surface area contributed by atoms with Crippen molar-refractivity contribution in [2.45, 2.75) is 31.5 Å². The van der Waals surface area contributed by atoms with E-state index in [2.05, 4.69) is 39.4 Å². The van der Waals surface area contributed by atoms with Crippen molar-refractivity contribution in [1.29, 1.82) is 0 Å². The molecular formula is C19H29N3O2. The monoisotopic (exact) mass is 331 g/mol. The Morgan fingerprint density at radius 1 is 1.04 bits per heavy atom. The second-order valence-electron chi connectivity index (χ2n) is 7.08. The van der Waals surface area contributed by atoms with Gasteiger partial charge in [-0.3, -0.25) is 4.90 Å². The predicted octanol–water partition coefficient (Wildman–Crippen LogP) is 1.48. The normalized spacial score (nSPS) is 25.8. The molecule has 3 fully saturated rings. The molecule has 1 aromatic rings. The molecule has 4 rings (SSSR count). The number of benzene rings is 1. The van der Waals surface area contributed by atoms with Gasteiger partial charge in [0.05, 0.1) is 25.9 Å². The Kier molecular flexibility index (Phi) is 5.33. The molecule has 1 atom stereocenters. The summed E-state index contributed by atoms with van der Waals surface area (Å²) in [7, 11) is 0. The smallest absolute Gasteiger partial charge is 0.0826 e. The molecule has 0 amide bonds. The Morgan fingerprint density at radius 2 is 1.88 bits per heavy atom. The van der Waals surface area contributed by atoms with Crippen LogP contribution in [-0.4, -0.2) is 69.6 Å². The van der Waals surface area contributed by atoms with E-state index in [9.17, 15) is 0 Å². The topological polar surface area (TPSA) is 37.0 Å². The number of hydrogen-bond donors (Lipinski definition) is 1. The van der Waals surface area contributed by atoms with Crippen molar-refractivity contribution < 1.29 is 9.47 Å². The van der Waals surface area contributed by atoms with E-state index in [0.29, 0.717) is 6.10 Å². The van der Waals surface area contributed by atoms with Crippen LogP contribution >= 0.6 is 0 Å². The highest BCUT2D eigenvalue weighted by Crippen LogP contribution is 2.28. The number of morpholine rings is 2. The van der Waals surface area contributed by atoms with Gasteiger partial charge in [-0.05, 0) is 24.5 Å². The molecule has 2 heterocycles. The molecule has 0 bridgehead atoms. The lowest BCUT2D eigenvalue weighted by molar-refractivity contribution is -0.0301. The van der Waals surface area contributed by atoms with E-state index in [-0.39, 0.29) is 0 Å². The zero-order valence-corrected chi connectivity index (χ0v) is 14.5. The molecule has 1 aromatic carbocycles. The Morgan fingerprint density at radius 3 is 2.71 bits per heavy atom. The molecule has 0 spiro atoms. The van der Waals surface area contributed by atoms with Gasteiger partial charge >= 0.3 is 0 Å². The fourth-order valence-electron chi connectivity index (χ4n) is 3.78. The van der Waals surface area contributed by atoms with Crippen LogP contribution in [0.4, 0.5) is 5.69 Å². The summed E-state index contributed by atoms with van der Waals surface area (Å²) in [6.07, 6.45) is 3.09. The molecule has 3 aliphatic rings. The Bertz CT molecular complexity index is 529. The van der Waals surface area contributed by atoms with Gasteiger partial charge in [0.1, 0.15) is 0 Å². The second kappa shape index (κ2) is 7.83. The maximum atomic E-state index is 5.94. The third kappa shape index (κ3) is 4.09. The van der Waals surface area contributed by atoms with Gasteiger partial charge < -0.3 is 19.7 Å². The highest BCUT2D eigenvalue weighted by molar-refractivity contribution is 5.53. The van der Waals surface area contributed by atoms with Crippen molar-refractivity contribution in [3.63, 3.8) is 0 Å². The van der Waals surface area contributed by atoms with Crippen molar-refractivity contribution in [2.75, 3.05) is 57.4 Å². The lowest BCUT2D eigenvalue weighted by Gasteiger charge is -2.33. The SMILES string of the molecule is c1ccc(N2CCOCC2)c(CNCC2CN(C3CC3)CCO2)c1. The van der Waals surface area contributed by atoms with Gasteiger partial charge in [-0.25, -0.2) is 0 Å². The fourth-order valence-corrected chi connectivity index (χ4v) is 3.78. The minimum atomic E-state index is 0.329. The maximum absolute atomic E-state index is 5.94. The summed E-state index contributed by atoms with van der Waals surface area (Å²) in [4.78, 5) is 5.05. The first-order valence-electron chi connectivity index (χ1n) is 9.37. The highest BCUT2D eigenvalue weighted by Gasteiger charge is 2.32. The molecule has 132 valence electrons. The average molecular weight is 331 g/mol. The molecule has 1 N–H and O–H groups in total. The molecule has 2 aliphatic heterocycles. The van der Waals surface area contributed by atoms with Gasteiger partial charge in [0.25, 0.3) is 0 Å². The van der Waals surface area contributed by atoms with Crippen molar-refractivity contribution in [2.24, 2.45) is 0 Å². The third-order valence-electron chi connectivity index (χ3n) is 5.26. The molecule has 2 saturated heterocycles. The summed E-state index contributed by atoms with van der Waals surface area (Å²) in [6, 6.07) is 9.57. The van der Waals surface area contributed by atoms with Crippen LogP contribution in [0.1, 0.15) is 18.4 Å². The van der Waals surface area contributed by atoms with Crippen LogP contribution in [0.25, 0.3) is 0 Å². The summed E-state index contributed by atoms with van der Waals surface area (Å²) in [6.45, 7) is 8.54. The van der Waals surface area contributed by atoms with Crippen LogP contribution in [-0.2, 0) is 16.0 Å². The first-order valence-corrected chi connectivity index (χ1v) is 9.37. The standard InChI is InChI=1S/C19H29N3O2/c1-2-4-19(21-7-10-23-11-8-21)16(3-1)13-20-14-18-15-22(9-12-24-18)17-5-6-17/h1-4,17-18,20H,5-15H2. The first kappa shape index (κ1) is 16.3. The van der Waals surface area contributed by atoms with Crippen LogP contribution in [0.2, 0.25) is 0 Å². The van der Waals surface area contributed by atoms with E-state index in [1.165, 1.54) is 24.1 Å². The third-order valence-corrected chi connectivity index (χ3v) is 5.26. The zero-order chi connectivity index (χ0) is 16.2. The van der Waals surface area contributed by atoms with Crippen LogP contribution in [0.5, 0.6) is 0 Å². The molecule has 0 radical (unpaired) electrons. The number of anilines is 1. The first-order chi connectivity index (χ1) is 11.9. The quantitative estimate of drug-likeness (QED) is 0.854. The fraction of sp³-hybridized carbons (Fsp3) is 0.684. The maximum Gasteiger partial charge on any atom is 0.0826 e. The molecule has 0 aromatic heterocycles. The summed E-state index contributed by atoms with van der Waals surface area (Å²) >= 11 is 0. The number of rotatable bonds is 6. The Labute approximate surface area is 144 Å². The molecule has 1 aliphatic carbocycles. The van der Waals surface area contributed by atoms with E-state index < -0.39 is 0 Å². The minimum Gasteiger partial charge on any atom is -0.378 e. The molecular weight excluding hydrogens is 302 g/mol. The Balaban J connectivity index is 1.29. The van der Waals surface area contributed by atoms with E-state index in [1.807, 2.05) is 0 Å². The molecule has 24 heavy (non-hydrogen) atoms. The van der Waals surface area contributed by atoms with Crippen LogP contribution < -0.4 is 10.2 Å². The van der Waals surface area contributed by atoms with E-state index in [4.69, 9.17) is 9.47 Å². The van der Waals surface area contributed by atoms with Crippen molar-refractivity contribution >= 4 is 5.69 Å². The summed E-state index contributed by atoms with van der Waals surface area (Å²) in [5, 5.41) is 3.62. The lowest BCUT2D eigenvalue weighted by Crippen LogP contribution is -2.47. The van der Waals surface area contributed by atoms with Gasteiger partial charge in [0.15, 0.2) is 0 Å². The van der Waals surface area contributed by atoms with Crippen LogP contribution in [0, 0.1) is 0 Å².